The van der Waals surface area contributed by atoms with E-state index in [-0.39, 0.29) is 29.9 Å². The summed E-state index contributed by atoms with van der Waals surface area (Å²) in [6.45, 7) is 0.476. The van der Waals surface area contributed by atoms with Crippen LogP contribution in [0.2, 0.25) is 0 Å². The molecule has 0 spiro atoms. The molecule has 0 fully saturated rings. The molecule has 1 unspecified atom stereocenters. The standard InChI is InChI=1S/C7H11NO2.ClH/c8-4-5-1-6(9)3-7(10)2-5;/h3,5,9H,1-2,4,8H2;1H. The predicted molar refractivity (Wildman–Crippen MR) is 44.7 cm³/mol. The quantitative estimate of drug-likeness (QED) is 0.623. The van der Waals surface area contributed by atoms with Crippen molar-refractivity contribution in [3.8, 4) is 0 Å². The SMILES string of the molecule is Cl.NCC1CC(=O)C=C(O)C1. The van der Waals surface area contributed by atoms with E-state index in [0.29, 0.717) is 19.4 Å². The summed E-state index contributed by atoms with van der Waals surface area (Å²) in [5.74, 6) is 0.309. The third-order valence-electron chi connectivity index (χ3n) is 1.65. The minimum absolute atomic E-state index is 0. The number of carbonyl (C=O) groups excluding carboxylic acids is 1. The smallest absolute Gasteiger partial charge is 0.159 e. The molecule has 0 aromatic heterocycles. The minimum Gasteiger partial charge on any atom is -0.512 e. The van der Waals surface area contributed by atoms with Crippen LogP contribution in [0, 0.1) is 5.92 Å². The number of ketones is 1. The van der Waals surface area contributed by atoms with Gasteiger partial charge >= 0.3 is 0 Å². The van der Waals surface area contributed by atoms with Crippen molar-refractivity contribution in [1.29, 1.82) is 0 Å². The molecule has 0 heterocycles. The molecule has 1 aliphatic carbocycles. The number of nitrogens with two attached hydrogens (primary N) is 1. The van der Waals surface area contributed by atoms with Crippen molar-refractivity contribution in [2.45, 2.75) is 12.8 Å². The molecule has 0 saturated carbocycles. The Morgan fingerprint density at radius 1 is 1.64 bits per heavy atom. The molecule has 0 bridgehead atoms. The number of halogens is 1. The van der Waals surface area contributed by atoms with Crippen LogP contribution in [0.1, 0.15) is 12.8 Å². The molecule has 3 nitrogen and oxygen atoms in total. The lowest BCUT2D eigenvalue weighted by Crippen LogP contribution is -2.21. The molecule has 1 rings (SSSR count). The Morgan fingerprint density at radius 3 is 2.73 bits per heavy atom. The van der Waals surface area contributed by atoms with Crippen molar-refractivity contribution in [2.24, 2.45) is 11.7 Å². The molecular weight excluding hydrogens is 166 g/mol. The predicted octanol–water partition coefficient (Wildman–Crippen LogP) is 0.788. The molecule has 11 heavy (non-hydrogen) atoms. The average Bonchev–Trinajstić information content (AvgIpc) is 1.85. The van der Waals surface area contributed by atoms with Gasteiger partial charge in [-0.1, -0.05) is 0 Å². The van der Waals surface area contributed by atoms with Crippen LogP contribution < -0.4 is 5.73 Å². The van der Waals surface area contributed by atoms with Crippen LogP contribution in [0.4, 0.5) is 0 Å². The summed E-state index contributed by atoms with van der Waals surface area (Å²) in [7, 11) is 0. The maximum Gasteiger partial charge on any atom is 0.159 e. The van der Waals surface area contributed by atoms with Crippen molar-refractivity contribution < 1.29 is 9.90 Å². The number of allylic oxidation sites excluding steroid dienone is 2. The van der Waals surface area contributed by atoms with E-state index in [2.05, 4.69) is 0 Å². The lowest BCUT2D eigenvalue weighted by atomic mass is 9.92. The average molecular weight is 178 g/mol. The summed E-state index contributed by atoms with van der Waals surface area (Å²) in [5, 5.41) is 8.97. The zero-order valence-corrected chi connectivity index (χ0v) is 6.93. The second-order valence-electron chi connectivity index (χ2n) is 2.61. The lowest BCUT2D eigenvalue weighted by Gasteiger charge is -2.16. The van der Waals surface area contributed by atoms with Gasteiger partial charge in [-0.15, -0.1) is 12.4 Å². The van der Waals surface area contributed by atoms with E-state index in [0.717, 1.165) is 0 Å². The number of aliphatic hydroxyl groups excluding tert-OH is 1. The third-order valence-corrected chi connectivity index (χ3v) is 1.65. The van der Waals surface area contributed by atoms with E-state index in [9.17, 15) is 4.79 Å². The molecule has 3 N–H and O–H groups in total. The van der Waals surface area contributed by atoms with Crippen LogP contribution in [0.5, 0.6) is 0 Å². The highest BCUT2D eigenvalue weighted by Crippen LogP contribution is 2.18. The van der Waals surface area contributed by atoms with Crippen molar-refractivity contribution in [1.82, 2.24) is 0 Å². The van der Waals surface area contributed by atoms with Gasteiger partial charge in [0.1, 0.15) is 0 Å². The van der Waals surface area contributed by atoms with Crippen LogP contribution in [0.25, 0.3) is 0 Å². The Hall–Kier alpha value is -0.540. The highest BCUT2D eigenvalue weighted by Gasteiger charge is 2.18. The zero-order chi connectivity index (χ0) is 7.56. The molecule has 64 valence electrons. The van der Waals surface area contributed by atoms with Gasteiger partial charge in [0.05, 0.1) is 5.76 Å². The largest absolute Gasteiger partial charge is 0.512 e. The topological polar surface area (TPSA) is 63.3 Å². The summed E-state index contributed by atoms with van der Waals surface area (Å²) >= 11 is 0. The van der Waals surface area contributed by atoms with Crippen molar-refractivity contribution in [3.05, 3.63) is 11.8 Å². The highest BCUT2D eigenvalue weighted by molar-refractivity contribution is 5.91. The highest BCUT2D eigenvalue weighted by atomic mass is 35.5. The molecule has 1 aliphatic rings. The summed E-state index contributed by atoms with van der Waals surface area (Å²) in [6, 6.07) is 0. The Bertz CT molecular complexity index is 179. The summed E-state index contributed by atoms with van der Waals surface area (Å²) < 4.78 is 0. The van der Waals surface area contributed by atoms with Gasteiger partial charge in [-0.2, -0.15) is 0 Å². The molecule has 0 aromatic rings. The van der Waals surface area contributed by atoms with Crippen molar-refractivity contribution in [2.75, 3.05) is 6.54 Å². The Morgan fingerprint density at radius 2 is 2.27 bits per heavy atom. The van der Waals surface area contributed by atoms with Gasteiger partial charge in [0.15, 0.2) is 5.78 Å². The van der Waals surface area contributed by atoms with E-state index in [1.807, 2.05) is 0 Å². The first-order valence-corrected chi connectivity index (χ1v) is 3.35. The van der Waals surface area contributed by atoms with E-state index >= 15 is 0 Å². The first-order valence-electron chi connectivity index (χ1n) is 3.35. The zero-order valence-electron chi connectivity index (χ0n) is 6.12. The van der Waals surface area contributed by atoms with Crippen LogP contribution in [-0.2, 0) is 4.79 Å². The molecule has 0 aliphatic heterocycles. The number of hydrogen-bond acceptors (Lipinski definition) is 3. The fraction of sp³-hybridized carbons (Fsp3) is 0.571. The van der Waals surface area contributed by atoms with Crippen LogP contribution >= 0.6 is 12.4 Å². The fourth-order valence-electron chi connectivity index (χ4n) is 1.12. The molecule has 0 radical (unpaired) electrons. The molecule has 0 saturated heterocycles. The van der Waals surface area contributed by atoms with Gasteiger partial charge in [-0.3, -0.25) is 4.79 Å². The van der Waals surface area contributed by atoms with Gasteiger partial charge in [-0.05, 0) is 12.5 Å². The number of carbonyl (C=O) groups is 1. The van der Waals surface area contributed by atoms with Gasteiger partial charge in [0.25, 0.3) is 0 Å². The number of rotatable bonds is 1. The molecule has 0 aromatic carbocycles. The van der Waals surface area contributed by atoms with Crippen molar-refractivity contribution >= 4 is 18.2 Å². The number of hydrogen-bond donors (Lipinski definition) is 2. The Kier molecular flexibility index (Phi) is 4.15. The van der Waals surface area contributed by atoms with E-state index < -0.39 is 0 Å². The molecule has 0 amide bonds. The van der Waals surface area contributed by atoms with Crippen molar-refractivity contribution in [3.63, 3.8) is 0 Å². The van der Waals surface area contributed by atoms with E-state index in [4.69, 9.17) is 10.8 Å². The second-order valence-corrected chi connectivity index (χ2v) is 2.61. The number of aliphatic hydroxyl groups is 1. The fourth-order valence-corrected chi connectivity index (χ4v) is 1.12. The summed E-state index contributed by atoms with van der Waals surface area (Å²) in [5.41, 5.74) is 5.34. The van der Waals surface area contributed by atoms with E-state index in [1.54, 1.807) is 0 Å². The first kappa shape index (κ1) is 10.5. The van der Waals surface area contributed by atoms with Crippen LogP contribution in [0.3, 0.4) is 0 Å². The van der Waals surface area contributed by atoms with E-state index in [1.165, 1.54) is 6.08 Å². The lowest BCUT2D eigenvalue weighted by molar-refractivity contribution is -0.116. The van der Waals surface area contributed by atoms with Gasteiger partial charge in [-0.25, -0.2) is 0 Å². The summed E-state index contributed by atoms with van der Waals surface area (Å²) in [6.07, 6.45) is 2.33. The Labute approximate surface area is 71.7 Å². The minimum atomic E-state index is -0.0146. The maximum atomic E-state index is 10.8. The molecule has 4 heteroatoms. The van der Waals surface area contributed by atoms with Crippen LogP contribution in [0.15, 0.2) is 11.8 Å². The monoisotopic (exact) mass is 177 g/mol. The second kappa shape index (κ2) is 4.36. The van der Waals surface area contributed by atoms with Gasteiger partial charge in [0.2, 0.25) is 0 Å². The van der Waals surface area contributed by atoms with Gasteiger partial charge in [0, 0.05) is 18.9 Å². The molecule has 1 atom stereocenters. The summed E-state index contributed by atoms with van der Waals surface area (Å²) in [4.78, 5) is 10.8. The maximum absolute atomic E-state index is 10.8. The van der Waals surface area contributed by atoms with Gasteiger partial charge < -0.3 is 10.8 Å². The normalized spacial score (nSPS) is 23.9. The van der Waals surface area contributed by atoms with Crippen LogP contribution in [-0.4, -0.2) is 17.4 Å². The third kappa shape index (κ3) is 2.91. The molecular formula is C7H12ClNO2. The first-order chi connectivity index (χ1) is 4.72. The Balaban J connectivity index is 0.000001000.